The van der Waals surface area contributed by atoms with Crippen molar-refractivity contribution in [3.63, 3.8) is 0 Å². The zero-order chi connectivity index (χ0) is 13.7. The van der Waals surface area contributed by atoms with Crippen molar-refractivity contribution in [2.24, 2.45) is 5.73 Å². The van der Waals surface area contributed by atoms with E-state index in [1.54, 1.807) is 0 Å². The van der Waals surface area contributed by atoms with Crippen molar-refractivity contribution < 1.29 is 24.5 Å². The number of ether oxygens (including phenoxy) is 1. The lowest BCUT2D eigenvalue weighted by atomic mass is 10.1. The fraction of sp³-hybridized carbons (Fsp3) is 0.364. The Hall–Kier alpha value is -1.99. The molecule has 0 bridgehead atoms. The van der Waals surface area contributed by atoms with Gasteiger partial charge in [-0.2, -0.15) is 0 Å². The molecular weight excluding hydrogens is 240 g/mol. The van der Waals surface area contributed by atoms with Crippen molar-refractivity contribution in [1.29, 1.82) is 0 Å². The van der Waals surface area contributed by atoms with Crippen molar-refractivity contribution in [1.82, 2.24) is 4.98 Å². The number of pyridine rings is 1. The van der Waals surface area contributed by atoms with E-state index in [2.05, 4.69) is 9.72 Å². The van der Waals surface area contributed by atoms with Crippen LogP contribution < -0.4 is 5.73 Å². The number of hydrogen-bond acceptors (Lipinski definition) is 6. The largest absolute Gasteiger partial charge is 0.464 e. The molecule has 0 saturated carbocycles. The Morgan fingerprint density at radius 1 is 1.44 bits per heavy atom. The predicted octanol–water partition coefficient (Wildman–Crippen LogP) is -0.862. The van der Waals surface area contributed by atoms with Gasteiger partial charge in [0.15, 0.2) is 0 Å². The minimum Gasteiger partial charge on any atom is -0.464 e. The second-order valence-corrected chi connectivity index (χ2v) is 3.62. The predicted molar refractivity (Wildman–Crippen MR) is 60.4 cm³/mol. The van der Waals surface area contributed by atoms with Crippen LogP contribution in [0.2, 0.25) is 0 Å². The molecule has 0 radical (unpaired) electrons. The quantitative estimate of drug-likeness (QED) is 0.587. The number of nitrogens with zero attached hydrogens (tertiary/aromatic N) is 1. The summed E-state index contributed by atoms with van der Waals surface area (Å²) in [6.45, 7) is 0. The fourth-order valence-corrected chi connectivity index (χ4v) is 1.35. The number of carbonyl (C=O) groups is 2. The Morgan fingerprint density at radius 3 is 2.67 bits per heavy atom. The minimum absolute atomic E-state index is 0.000301. The number of amides is 1. The zero-order valence-electron chi connectivity index (χ0n) is 9.74. The van der Waals surface area contributed by atoms with Crippen LogP contribution in [0, 0.1) is 0 Å². The molecule has 1 rings (SSSR count). The maximum Gasteiger partial charge on any atom is 0.356 e. The van der Waals surface area contributed by atoms with Gasteiger partial charge in [0.2, 0.25) is 5.91 Å². The van der Waals surface area contributed by atoms with Crippen LogP contribution >= 0.6 is 0 Å². The third-order valence-corrected chi connectivity index (χ3v) is 2.24. The van der Waals surface area contributed by atoms with Crippen LogP contribution in [0.5, 0.6) is 0 Å². The summed E-state index contributed by atoms with van der Waals surface area (Å²) in [5.41, 5.74) is 4.97. The van der Waals surface area contributed by atoms with E-state index >= 15 is 0 Å². The van der Waals surface area contributed by atoms with Gasteiger partial charge >= 0.3 is 5.97 Å². The average molecular weight is 254 g/mol. The average Bonchev–Trinajstić information content (AvgIpc) is 2.36. The zero-order valence-corrected chi connectivity index (χ0v) is 9.74. The van der Waals surface area contributed by atoms with Gasteiger partial charge in [-0.25, -0.2) is 9.78 Å². The first kappa shape index (κ1) is 14.1. The van der Waals surface area contributed by atoms with Gasteiger partial charge in [-0.15, -0.1) is 0 Å². The lowest BCUT2D eigenvalue weighted by molar-refractivity contribution is -0.121. The third-order valence-electron chi connectivity index (χ3n) is 2.24. The van der Waals surface area contributed by atoms with Gasteiger partial charge in [-0.05, 0) is 12.1 Å². The Labute approximate surface area is 103 Å². The van der Waals surface area contributed by atoms with E-state index in [-0.39, 0.29) is 11.4 Å². The lowest BCUT2D eigenvalue weighted by Crippen LogP contribution is -2.26. The molecule has 1 heterocycles. The van der Waals surface area contributed by atoms with Crippen LogP contribution in [0.3, 0.4) is 0 Å². The minimum atomic E-state index is -1.40. The standard InChI is InChI=1S/C11H14N2O5/c1-18-11(17)7-4-2-3-6(13-7)10(16)8(14)5-9(12)15/h2-4,8,10,14,16H,5H2,1H3,(H2,12,15). The van der Waals surface area contributed by atoms with E-state index in [4.69, 9.17) is 5.73 Å². The van der Waals surface area contributed by atoms with Crippen molar-refractivity contribution in [3.05, 3.63) is 29.6 Å². The number of hydrogen-bond donors (Lipinski definition) is 3. The monoisotopic (exact) mass is 254 g/mol. The molecule has 4 N–H and O–H groups in total. The first-order chi connectivity index (χ1) is 8.45. The van der Waals surface area contributed by atoms with Gasteiger partial charge in [-0.1, -0.05) is 6.07 Å². The molecule has 7 heteroatoms. The SMILES string of the molecule is COC(=O)c1cccc(C(O)C(O)CC(N)=O)n1. The number of nitrogens with two attached hydrogens (primary N) is 1. The molecule has 1 aromatic heterocycles. The molecular formula is C11H14N2O5. The molecule has 0 aliphatic carbocycles. The van der Waals surface area contributed by atoms with E-state index in [9.17, 15) is 19.8 Å². The van der Waals surface area contributed by atoms with E-state index in [0.29, 0.717) is 0 Å². The first-order valence-corrected chi connectivity index (χ1v) is 5.15. The van der Waals surface area contributed by atoms with Gasteiger partial charge in [0.25, 0.3) is 0 Å². The fourth-order valence-electron chi connectivity index (χ4n) is 1.35. The molecule has 98 valence electrons. The Bertz CT molecular complexity index is 449. The van der Waals surface area contributed by atoms with Crippen LogP contribution in [0.4, 0.5) is 0 Å². The topological polar surface area (TPSA) is 123 Å². The number of esters is 1. The highest BCUT2D eigenvalue weighted by Gasteiger charge is 2.22. The number of rotatable bonds is 5. The normalized spacial score (nSPS) is 13.7. The smallest absolute Gasteiger partial charge is 0.356 e. The van der Waals surface area contributed by atoms with Crippen LogP contribution in [0.15, 0.2) is 18.2 Å². The summed E-state index contributed by atoms with van der Waals surface area (Å²) in [5.74, 6) is -1.40. The molecule has 2 atom stereocenters. The Kier molecular flexibility index (Phi) is 4.75. The lowest BCUT2D eigenvalue weighted by Gasteiger charge is -2.16. The van der Waals surface area contributed by atoms with Crippen LogP contribution in [-0.4, -0.2) is 40.3 Å². The van der Waals surface area contributed by atoms with Gasteiger partial charge in [0.05, 0.1) is 25.3 Å². The number of carbonyl (C=O) groups excluding carboxylic acids is 2. The summed E-state index contributed by atoms with van der Waals surface area (Å²) in [4.78, 5) is 25.7. The molecule has 0 aromatic carbocycles. The molecule has 1 aromatic rings. The number of primary amides is 1. The highest BCUT2D eigenvalue weighted by molar-refractivity contribution is 5.87. The third kappa shape index (κ3) is 3.51. The van der Waals surface area contributed by atoms with Crippen molar-refractivity contribution in [2.45, 2.75) is 18.6 Å². The molecule has 18 heavy (non-hydrogen) atoms. The molecule has 7 nitrogen and oxygen atoms in total. The number of aliphatic hydroxyl groups is 2. The van der Waals surface area contributed by atoms with Crippen molar-refractivity contribution in [2.75, 3.05) is 7.11 Å². The highest BCUT2D eigenvalue weighted by Crippen LogP contribution is 2.17. The maximum atomic E-state index is 11.2. The number of aliphatic hydroxyl groups excluding tert-OH is 2. The van der Waals surface area contributed by atoms with E-state index < -0.39 is 30.5 Å². The highest BCUT2D eigenvalue weighted by atomic mass is 16.5. The van der Waals surface area contributed by atoms with Gasteiger partial charge in [-0.3, -0.25) is 4.79 Å². The van der Waals surface area contributed by atoms with Gasteiger partial charge in [0.1, 0.15) is 11.8 Å². The van der Waals surface area contributed by atoms with Crippen LogP contribution in [0.25, 0.3) is 0 Å². The summed E-state index contributed by atoms with van der Waals surface area (Å²) in [7, 11) is 1.20. The Morgan fingerprint density at radius 2 is 2.11 bits per heavy atom. The second-order valence-electron chi connectivity index (χ2n) is 3.62. The van der Waals surface area contributed by atoms with E-state index in [0.717, 1.165) is 0 Å². The van der Waals surface area contributed by atoms with E-state index in [1.165, 1.54) is 25.3 Å². The van der Waals surface area contributed by atoms with Crippen molar-refractivity contribution in [3.8, 4) is 0 Å². The van der Waals surface area contributed by atoms with E-state index in [1.807, 2.05) is 0 Å². The molecule has 0 aliphatic heterocycles. The van der Waals surface area contributed by atoms with Crippen molar-refractivity contribution >= 4 is 11.9 Å². The second kappa shape index (κ2) is 6.08. The first-order valence-electron chi connectivity index (χ1n) is 5.15. The molecule has 2 unspecified atom stereocenters. The van der Waals surface area contributed by atoms with Crippen LogP contribution in [0.1, 0.15) is 28.7 Å². The van der Waals surface area contributed by atoms with Crippen LogP contribution in [-0.2, 0) is 9.53 Å². The molecule has 0 fully saturated rings. The summed E-state index contributed by atoms with van der Waals surface area (Å²) in [6.07, 6.45) is -3.17. The summed E-state index contributed by atoms with van der Waals surface area (Å²) < 4.78 is 4.48. The summed E-state index contributed by atoms with van der Waals surface area (Å²) >= 11 is 0. The molecule has 0 saturated heterocycles. The summed E-state index contributed by atoms with van der Waals surface area (Å²) in [6, 6.07) is 4.30. The summed E-state index contributed by atoms with van der Waals surface area (Å²) in [5, 5.41) is 19.3. The van der Waals surface area contributed by atoms with Gasteiger partial charge in [0, 0.05) is 0 Å². The molecule has 0 spiro atoms. The molecule has 1 amide bonds. The van der Waals surface area contributed by atoms with Gasteiger partial charge < -0.3 is 20.7 Å². The number of methoxy groups -OCH3 is 1. The molecule has 0 aliphatic rings. The maximum absolute atomic E-state index is 11.2. The Balaban J connectivity index is 2.89. The number of aromatic nitrogens is 1.